The lowest BCUT2D eigenvalue weighted by atomic mass is 9.75. The number of nitrogens with zero attached hydrogens (tertiary/aromatic N) is 2. The lowest BCUT2D eigenvalue weighted by Crippen LogP contribution is -2.45. The molecule has 1 aliphatic rings. The first-order chi connectivity index (χ1) is 13.1. The highest BCUT2D eigenvalue weighted by molar-refractivity contribution is 6.07. The minimum Gasteiger partial charge on any atom is -0.496 e. The number of methoxy groups -OCH3 is 1. The second-order valence-corrected chi connectivity index (χ2v) is 7.47. The van der Waals surface area contributed by atoms with Crippen molar-refractivity contribution >= 4 is 28.2 Å². The Kier molecular flexibility index (Phi) is 4.34. The van der Waals surface area contributed by atoms with Crippen LogP contribution in [0.3, 0.4) is 0 Å². The number of amides is 1. The highest BCUT2D eigenvalue weighted by atomic mass is 16.5. The highest BCUT2D eigenvalue weighted by Crippen LogP contribution is 2.46. The molecule has 0 aliphatic carbocycles. The quantitative estimate of drug-likeness (QED) is 0.636. The average Bonchev–Trinajstić information content (AvgIpc) is 2.68. The van der Waals surface area contributed by atoms with Crippen LogP contribution in [-0.2, 0) is 11.2 Å². The van der Waals surface area contributed by atoms with Crippen molar-refractivity contribution in [2.45, 2.75) is 33.1 Å². The predicted molar refractivity (Wildman–Crippen MR) is 109 cm³/mol. The molecule has 0 N–H and O–H groups in total. The summed E-state index contributed by atoms with van der Waals surface area (Å²) < 4.78 is 5.62. The maximum absolute atomic E-state index is 13.6. The van der Waals surface area contributed by atoms with Crippen LogP contribution in [0.1, 0.15) is 32.3 Å². The number of hydrogen-bond donors (Lipinski definition) is 0. The van der Waals surface area contributed by atoms with Gasteiger partial charge in [0.15, 0.2) is 0 Å². The van der Waals surface area contributed by atoms with E-state index < -0.39 is 5.41 Å². The Hall–Kier alpha value is -2.88. The number of anilines is 2. The molecule has 2 aromatic carbocycles. The van der Waals surface area contributed by atoms with Crippen molar-refractivity contribution in [3.63, 3.8) is 0 Å². The number of para-hydroxylation sites is 1. The molecule has 0 saturated heterocycles. The third-order valence-electron chi connectivity index (χ3n) is 5.49. The normalized spacial score (nSPS) is 19.2. The number of carbonyl (C=O) groups is 1. The Bertz CT molecular complexity index is 1010. The molecule has 1 amide bonds. The zero-order valence-electron chi connectivity index (χ0n) is 16.0. The number of pyridine rings is 1. The molecule has 4 rings (SSSR count). The Balaban J connectivity index is 1.93. The van der Waals surface area contributed by atoms with Gasteiger partial charge in [0.2, 0.25) is 5.91 Å². The van der Waals surface area contributed by atoms with Crippen molar-refractivity contribution in [1.29, 1.82) is 0 Å². The van der Waals surface area contributed by atoms with Gasteiger partial charge in [-0.15, -0.1) is 0 Å². The summed E-state index contributed by atoms with van der Waals surface area (Å²) in [5, 5.41) is 1.02. The molecule has 3 aromatic rings. The van der Waals surface area contributed by atoms with E-state index in [4.69, 9.17) is 4.74 Å². The standard InChI is InChI=1S/C23H24N2O2/c1-4-12-23(2)14-18-20(10-7-11-21(18)27-3)25(22(23)26)17-13-16-8-5-6-9-19(16)24-15-17/h5-11,13,15H,4,12,14H2,1-3H3. The van der Waals surface area contributed by atoms with E-state index >= 15 is 0 Å². The number of hydrogen-bond acceptors (Lipinski definition) is 3. The second-order valence-electron chi connectivity index (χ2n) is 7.47. The molecule has 1 atom stereocenters. The number of rotatable bonds is 4. The Morgan fingerprint density at radius 2 is 2.00 bits per heavy atom. The molecule has 2 heterocycles. The van der Waals surface area contributed by atoms with E-state index in [9.17, 15) is 4.79 Å². The van der Waals surface area contributed by atoms with Gasteiger partial charge in [-0.1, -0.05) is 44.5 Å². The number of fused-ring (bicyclic) bond motifs is 2. The summed E-state index contributed by atoms with van der Waals surface area (Å²) in [5.41, 5.74) is 3.25. The van der Waals surface area contributed by atoms with Gasteiger partial charge in [-0.25, -0.2) is 0 Å². The lowest BCUT2D eigenvalue weighted by Gasteiger charge is -2.41. The first-order valence-corrected chi connectivity index (χ1v) is 9.42. The van der Waals surface area contributed by atoms with E-state index in [2.05, 4.69) is 18.8 Å². The molecular formula is C23H24N2O2. The first kappa shape index (κ1) is 17.5. The van der Waals surface area contributed by atoms with Crippen molar-refractivity contribution in [2.24, 2.45) is 5.41 Å². The molecule has 138 valence electrons. The van der Waals surface area contributed by atoms with Gasteiger partial charge in [-0.2, -0.15) is 0 Å². The topological polar surface area (TPSA) is 42.4 Å². The van der Waals surface area contributed by atoms with Gasteiger partial charge in [0.05, 0.1) is 35.6 Å². The molecule has 0 fully saturated rings. The van der Waals surface area contributed by atoms with Gasteiger partial charge < -0.3 is 4.74 Å². The van der Waals surface area contributed by atoms with Gasteiger partial charge in [-0.05, 0) is 37.1 Å². The fourth-order valence-corrected chi connectivity index (χ4v) is 4.16. The van der Waals surface area contributed by atoms with Crippen LogP contribution in [0, 0.1) is 5.41 Å². The van der Waals surface area contributed by atoms with Gasteiger partial charge in [0, 0.05) is 10.9 Å². The summed E-state index contributed by atoms with van der Waals surface area (Å²) in [4.78, 5) is 20.0. The summed E-state index contributed by atoms with van der Waals surface area (Å²) in [6, 6.07) is 15.9. The predicted octanol–water partition coefficient (Wildman–Crippen LogP) is 5.27. The van der Waals surface area contributed by atoms with E-state index in [1.807, 2.05) is 53.4 Å². The third-order valence-corrected chi connectivity index (χ3v) is 5.49. The van der Waals surface area contributed by atoms with Crippen LogP contribution in [0.15, 0.2) is 54.7 Å². The summed E-state index contributed by atoms with van der Waals surface area (Å²) in [6.07, 6.45) is 4.27. The minimum atomic E-state index is -0.456. The highest BCUT2D eigenvalue weighted by Gasteiger charge is 2.43. The fraction of sp³-hybridized carbons (Fsp3) is 0.304. The molecule has 1 unspecified atom stereocenters. The molecule has 0 radical (unpaired) electrons. The monoisotopic (exact) mass is 360 g/mol. The molecule has 1 aliphatic heterocycles. The lowest BCUT2D eigenvalue weighted by molar-refractivity contribution is -0.127. The second kappa shape index (κ2) is 6.69. The molecule has 1 aromatic heterocycles. The van der Waals surface area contributed by atoms with Crippen LogP contribution >= 0.6 is 0 Å². The molecule has 27 heavy (non-hydrogen) atoms. The number of aromatic nitrogens is 1. The van der Waals surface area contributed by atoms with Crippen molar-refractivity contribution in [1.82, 2.24) is 4.98 Å². The number of benzene rings is 2. The minimum absolute atomic E-state index is 0.127. The molecule has 0 bridgehead atoms. The molecular weight excluding hydrogens is 336 g/mol. The van der Waals surface area contributed by atoms with Gasteiger partial charge in [0.25, 0.3) is 0 Å². The van der Waals surface area contributed by atoms with E-state index in [0.29, 0.717) is 6.42 Å². The SMILES string of the molecule is CCCC1(C)Cc2c(OC)cccc2N(c2cnc3ccccc3c2)C1=O. The Morgan fingerprint density at radius 1 is 1.19 bits per heavy atom. The van der Waals surface area contributed by atoms with Gasteiger partial charge in [-0.3, -0.25) is 14.7 Å². The van der Waals surface area contributed by atoms with Crippen LogP contribution in [0.5, 0.6) is 5.75 Å². The van der Waals surface area contributed by atoms with Crippen molar-refractivity contribution < 1.29 is 9.53 Å². The summed E-state index contributed by atoms with van der Waals surface area (Å²) in [6.45, 7) is 4.19. The first-order valence-electron chi connectivity index (χ1n) is 9.42. The van der Waals surface area contributed by atoms with Crippen molar-refractivity contribution in [2.75, 3.05) is 12.0 Å². The average molecular weight is 360 g/mol. The van der Waals surface area contributed by atoms with E-state index in [0.717, 1.165) is 46.4 Å². The van der Waals surface area contributed by atoms with Crippen LogP contribution < -0.4 is 9.64 Å². The van der Waals surface area contributed by atoms with E-state index in [1.54, 1.807) is 13.3 Å². The molecule has 0 saturated carbocycles. The smallest absolute Gasteiger partial charge is 0.237 e. The third kappa shape index (κ3) is 2.85. The van der Waals surface area contributed by atoms with E-state index in [1.165, 1.54) is 0 Å². The molecule has 4 nitrogen and oxygen atoms in total. The van der Waals surface area contributed by atoms with Gasteiger partial charge >= 0.3 is 0 Å². The Labute approximate surface area is 159 Å². The van der Waals surface area contributed by atoms with Crippen LogP contribution in [-0.4, -0.2) is 18.0 Å². The van der Waals surface area contributed by atoms with Crippen LogP contribution in [0.25, 0.3) is 10.9 Å². The summed E-state index contributed by atoms with van der Waals surface area (Å²) >= 11 is 0. The summed E-state index contributed by atoms with van der Waals surface area (Å²) in [5.74, 6) is 0.961. The van der Waals surface area contributed by atoms with Crippen LogP contribution in [0.2, 0.25) is 0 Å². The maximum Gasteiger partial charge on any atom is 0.237 e. The van der Waals surface area contributed by atoms with Crippen LogP contribution in [0.4, 0.5) is 11.4 Å². The summed E-state index contributed by atoms with van der Waals surface area (Å²) in [7, 11) is 1.69. The van der Waals surface area contributed by atoms with Crippen molar-refractivity contribution in [3.8, 4) is 5.75 Å². The zero-order chi connectivity index (χ0) is 19.0. The largest absolute Gasteiger partial charge is 0.496 e. The van der Waals surface area contributed by atoms with Crippen molar-refractivity contribution in [3.05, 3.63) is 60.3 Å². The Morgan fingerprint density at radius 3 is 2.78 bits per heavy atom. The number of carbonyl (C=O) groups excluding carboxylic acids is 1. The number of ether oxygens (including phenoxy) is 1. The maximum atomic E-state index is 13.6. The molecule has 0 spiro atoms. The zero-order valence-corrected chi connectivity index (χ0v) is 16.0. The molecule has 4 heteroatoms. The van der Waals surface area contributed by atoms with Gasteiger partial charge in [0.1, 0.15) is 5.75 Å². The van der Waals surface area contributed by atoms with E-state index in [-0.39, 0.29) is 5.91 Å². The fourth-order valence-electron chi connectivity index (χ4n) is 4.16.